The standard InChI is InChI=1S/C19H17FN2O3/c1-12-3-5-13(6-4-12)19(23)21-11-15-10-18(22-25-15)16-8-7-14(24-2)9-17(16)20/h3-10H,11H2,1-2H3,(H,21,23). The lowest BCUT2D eigenvalue weighted by molar-refractivity contribution is 0.0947. The first kappa shape index (κ1) is 16.7. The first-order valence-electron chi connectivity index (χ1n) is 7.71. The number of ether oxygens (including phenoxy) is 1. The number of carbonyl (C=O) groups is 1. The molecule has 0 spiro atoms. The van der Waals surface area contributed by atoms with Gasteiger partial charge in [-0.1, -0.05) is 22.9 Å². The molecular weight excluding hydrogens is 323 g/mol. The van der Waals surface area contributed by atoms with Crippen LogP contribution in [0, 0.1) is 12.7 Å². The summed E-state index contributed by atoms with van der Waals surface area (Å²) >= 11 is 0. The van der Waals surface area contributed by atoms with Crippen molar-refractivity contribution in [3.63, 3.8) is 0 Å². The fraction of sp³-hybridized carbons (Fsp3) is 0.158. The minimum absolute atomic E-state index is 0.164. The Hall–Kier alpha value is -3.15. The monoisotopic (exact) mass is 340 g/mol. The molecule has 0 bridgehead atoms. The molecule has 1 heterocycles. The van der Waals surface area contributed by atoms with Crippen molar-refractivity contribution < 1.29 is 18.4 Å². The average molecular weight is 340 g/mol. The van der Waals surface area contributed by atoms with Gasteiger partial charge in [-0.2, -0.15) is 0 Å². The summed E-state index contributed by atoms with van der Waals surface area (Å²) in [4.78, 5) is 12.1. The maximum atomic E-state index is 14.1. The number of nitrogens with zero attached hydrogens (tertiary/aromatic N) is 1. The van der Waals surface area contributed by atoms with Crippen molar-refractivity contribution >= 4 is 5.91 Å². The van der Waals surface area contributed by atoms with E-state index < -0.39 is 5.82 Å². The molecule has 0 radical (unpaired) electrons. The highest BCUT2D eigenvalue weighted by molar-refractivity contribution is 5.94. The van der Waals surface area contributed by atoms with Gasteiger partial charge in [0.25, 0.3) is 5.91 Å². The molecule has 0 unspecified atom stereocenters. The Morgan fingerprint density at radius 1 is 1.20 bits per heavy atom. The number of aryl methyl sites for hydroxylation is 1. The maximum Gasteiger partial charge on any atom is 0.251 e. The van der Waals surface area contributed by atoms with E-state index in [-0.39, 0.29) is 12.5 Å². The van der Waals surface area contributed by atoms with Gasteiger partial charge in [0.05, 0.1) is 13.7 Å². The van der Waals surface area contributed by atoms with Crippen LogP contribution in [0.2, 0.25) is 0 Å². The largest absolute Gasteiger partial charge is 0.497 e. The molecule has 1 amide bonds. The van der Waals surface area contributed by atoms with Gasteiger partial charge >= 0.3 is 0 Å². The van der Waals surface area contributed by atoms with E-state index in [1.165, 1.54) is 13.2 Å². The zero-order chi connectivity index (χ0) is 17.8. The second-order valence-electron chi connectivity index (χ2n) is 5.57. The number of halogens is 1. The summed E-state index contributed by atoms with van der Waals surface area (Å²) in [7, 11) is 1.47. The summed E-state index contributed by atoms with van der Waals surface area (Å²) < 4.78 is 24.2. The fourth-order valence-electron chi connectivity index (χ4n) is 2.33. The Kier molecular flexibility index (Phi) is 4.79. The van der Waals surface area contributed by atoms with Crippen molar-refractivity contribution in [3.8, 4) is 17.0 Å². The zero-order valence-corrected chi connectivity index (χ0v) is 13.9. The van der Waals surface area contributed by atoms with Crippen molar-refractivity contribution in [2.45, 2.75) is 13.5 Å². The molecule has 3 aromatic rings. The molecule has 1 aromatic heterocycles. The summed E-state index contributed by atoms with van der Waals surface area (Å²) in [6.45, 7) is 2.12. The predicted octanol–water partition coefficient (Wildman–Crippen LogP) is 3.73. The molecule has 128 valence electrons. The summed E-state index contributed by atoms with van der Waals surface area (Å²) in [6.07, 6.45) is 0. The Morgan fingerprint density at radius 3 is 2.64 bits per heavy atom. The molecule has 1 N–H and O–H groups in total. The molecular formula is C19H17FN2O3. The minimum Gasteiger partial charge on any atom is -0.497 e. The third kappa shape index (κ3) is 3.85. The second kappa shape index (κ2) is 7.17. The highest BCUT2D eigenvalue weighted by atomic mass is 19.1. The van der Waals surface area contributed by atoms with Crippen molar-refractivity contribution in [1.29, 1.82) is 0 Å². The van der Waals surface area contributed by atoms with Gasteiger partial charge in [0.1, 0.15) is 17.3 Å². The van der Waals surface area contributed by atoms with Gasteiger partial charge in [0.2, 0.25) is 0 Å². The molecule has 0 saturated heterocycles. The smallest absolute Gasteiger partial charge is 0.251 e. The van der Waals surface area contributed by atoms with E-state index in [2.05, 4.69) is 10.5 Å². The van der Waals surface area contributed by atoms with E-state index in [1.807, 2.05) is 19.1 Å². The van der Waals surface area contributed by atoms with Gasteiger partial charge in [-0.3, -0.25) is 4.79 Å². The van der Waals surface area contributed by atoms with Crippen molar-refractivity contribution in [1.82, 2.24) is 10.5 Å². The Bertz CT molecular complexity index is 888. The third-order valence-corrected chi connectivity index (χ3v) is 3.75. The third-order valence-electron chi connectivity index (χ3n) is 3.75. The van der Waals surface area contributed by atoms with E-state index in [1.54, 1.807) is 30.3 Å². The molecule has 0 aliphatic rings. The molecule has 2 aromatic carbocycles. The number of amides is 1. The fourth-order valence-corrected chi connectivity index (χ4v) is 2.33. The molecule has 0 aliphatic heterocycles. The van der Waals surface area contributed by atoms with E-state index in [0.29, 0.717) is 28.3 Å². The zero-order valence-electron chi connectivity index (χ0n) is 13.9. The van der Waals surface area contributed by atoms with Crippen molar-refractivity contribution in [3.05, 3.63) is 71.2 Å². The minimum atomic E-state index is -0.456. The van der Waals surface area contributed by atoms with E-state index >= 15 is 0 Å². The van der Waals surface area contributed by atoms with Crippen LogP contribution in [0.15, 0.2) is 53.1 Å². The van der Waals surface area contributed by atoms with Crippen molar-refractivity contribution in [2.75, 3.05) is 7.11 Å². The number of hydrogen-bond acceptors (Lipinski definition) is 4. The van der Waals surface area contributed by atoms with Crippen LogP contribution in [-0.2, 0) is 6.54 Å². The number of aromatic nitrogens is 1. The highest BCUT2D eigenvalue weighted by Crippen LogP contribution is 2.25. The second-order valence-corrected chi connectivity index (χ2v) is 5.57. The Labute approximate surface area is 144 Å². The first-order chi connectivity index (χ1) is 12.1. The van der Waals surface area contributed by atoms with Crippen LogP contribution in [0.1, 0.15) is 21.7 Å². The van der Waals surface area contributed by atoms with Crippen LogP contribution >= 0.6 is 0 Å². The van der Waals surface area contributed by atoms with Crippen LogP contribution in [0.5, 0.6) is 5.75 Å². The van der Waals surface area contributed by atoms with Crippen LogP contribution < -0.4 is 10.1 Å². The molecule has 0 fully saturated rings. The first-order valence-corrected chi connectivity index (χ1v) is 7.71. The molecule has 25 heavy (non-hydrogen) atoms. The van der Waals surface area contributed by atoms with Crippen LogP contribution in [0.4, 0.5) is 4.39 Å². The average Bonchev–Trinajstić information content (AvgIpc) is 3.08. The number of hydrogen-bond donors (Lipinski definition) is 1. The molecule has 3 rings (SSSR count). The summed E-state index contributed by atoms with van der Waals surface area (Å²) in [5, 5.41) is 6.60. The number of benzene rings is 2. The summed E-state index contributed by atoms with van der Waals surface area (Å²) in [6, 6.07) is 13.3. The quantitative estimate of drug-likeness (QED) is 0.769. The lowest BCUT2D eigenvalue weighted by Crippen LogP contribution is -2.22. The molecule has 0 atom stereocenters. The normalized spacial score (nSPS) is 10.5. The molecule has 0 aliphatic carbocycles. The number of rotatable bonds is 5. The molecule has 5 nitrogen and oxygen atoms in total. The topological polar surface area (TPSA) is 64.4 Å². The SMILES string of the molecule is COc1ccc(-c2cc(CNC(=O)c3ccc(C)cc3)on2)c(F)c1. The maximum absolute atomic E-state index is 14.1. The Morgan fingerprint density at radius 2 is 1.96 bits per heavy atom. The lowest BCUT2D eigenvalue weighted by Gasteiger charge is -2.03. The summed E-state index contributed by atoms with van der Waals surface area (Å²) in [5.41, 5.74) is 2.31. The van der Waals surface area contributed by atoms with Gasteiger partial charge in [0.15, 0.2) is 5.76 Å². The Balaban J connectivity index is 1.67. The van der Waals surface area contributed by atoms with Crippen LogP contribution in [0.3, 0.4) is 0 Å². The highest BCUT2D eigenvalue weighted by Gasteiger charge is 2.13. The van der Waals surface area contributed by atoms with Crippen LogP contribution in [-0.4, -0.2) is 18.2 Å². The molecule has 6 heteroatoms. The van der Waals surface area contributed by atoms with E-state index in [0.717, 1.165) is 5.56 Å². The number of carbonyl (C=O) groups excluding carboxylic acids is 1. The molecule has 0 saturated carbocycles. The van der Waals surface area contributed by atoms with E-state index in [9.17, 15) is 9.18 Å². The number of methoxy groups -OCH3 is 1. The van der Waals surface area contributed by atoms with Crippen LogP contribution in [0.25, 0.3) is 11.3 Å². The summed E-state index contributed by atoms with van der Waals surface area (Å²) in [5.74, 6) is 0.192. The van der Waals surface area contributed by atoms with Gasteiger partial charge in [-0.15, -0.1) is 0 Å². The van der Waals surface area contributed by atoms with Gasteiger partial charge in [-0.25, -0.2) is 4.39 Å². The van der Waals surface area contributed by atoms with Crippen molar-refractivity contribution in [2.24, 2.45) is 0 Å². The van der Waals surface area contributed by atoms with Gasteiger partial charge < -0.3 is 14.6 Å². The lowest BCUT2D eigenvalue weighted by atomic mass is 10.1. The van der Waals surface area contributed by atoms with Gasteiger partial charge in [0, 0.05) is 23.3 Å². The predicted molar refractivity (Wildman–Crippen MR) is 90.8 cm³/mol. The van der Waals surface area contributed by atoms with Gasteiger partial charge in [-0.05, 0) is 31.2 Å². The number of nitrogens with one attached hydrogen (secondary N) is 1. The van der Waals surface area contributed by atoms with E-state index in [4.69, 9.17) is 9.26 Å².